The van der Waals surface area contributed by atoms with Gasteiger partial charge in [-0.1, -0.05) is 24.3 Å². The molecule has 0 N–H and O–H groups in total. The molecule has 0 atom stereocenters. The predicted molar refractivity (Wildman–Crippen MR) is 35.0 cm³/mol. The van der Waals surface area contributed by atoms with Crippen molar-refractivity contribution in [1.82, 2.24) is 0 Å². The lowest BCUT2D eigenvalue weighted by Gasteiger charge is -1.96. The molecule has 0 saturated heterocycles. The second kappa shape index (κ2) is 3.30. The van der Waals surface area contributed by atoms with E-state index in [-0.39, 0.29) is 6.42 Å². The molecule has 0 unspecified atom stereocenters. The SMILES string of the molecule is FC(F)Cc1cc[c]cc1. The van der Waals surface area contributed by atoms with Crippen molar-refractivity contribution in [2.75, 3.05) is 0 Å². The van der Waals surface area contributed by atoms with Gasteiger partial charge < -0.3 is 0 Å². The summed E-state index contributed by atoms with van der Waals surface area (Å²) < 4.78 is 23.4. The van der Waals surface area contributed by atoms with Gasteiger partial charge in [0.1, 0.15) is 0 Å². The highest BCUT2D eigenvalue weighted by atomic mass is 19.3. The van der Waals surface area contributed by atoms with Gasteiger partial charge in [0, 0.05) is 6.42 Å². The summed E-state index contributed by atoms with van der Waals surface area (Å²) in [4.78, 5) is 0. The van der Waals surface area contributed by atoms with Crippen LogP contribution >= 0.6 is 0 Å². The maximum atomic E-state index is 11.7. The lowest BCUT2D eigenvalue weighted by atomic mass is 10.2. The third-order valence-corrected chi connectivity index (χ3v) is 1.18. The Hall–Kier alpha value is -0.920. The van der Waals surface area contributed by atoms with Crippen LogP contribution in [0.5, 0.6) is 0 Å². The van der Waals surface area contributed by atoms with Crippen LogP contribution in [0.2, 0.25) is 0 Å². The van der Waals surface area contributed by atoms with E-state index in [4.69, 9.17) is 0 Å². The van der Waals surface area contributed by atoms with E-state index in [2.05, 4.69) is 6.07 Å². The summed E-state index contributed by atoms with van der Waals surface area (Å²) in [5.74, 6) is 0. The van der Waals surface area contributed by atoms with Gasteiger partial charge in [0.25, 0.3) is 0 Å². The summed E-state index contributed by atoms with van der Waals surface area (Å²) in [6, 6.07) is 9.32. The van der Waals surface area contributed by atoms with E-state index >= 15 is 0 Å². The van der Waals surface area contributed by atoms with Gasteiger partial charge in [-0.15, -0.1) is 0 Å². The molecule has 0 heterocycles. The molecule has 0 saturated carbocycles. The minimum atomic E-state index is -2.25. The molecule has 0 aliphatic rings. The molecule has 0 nitrogen and oxygen atoms in total. The average molecular weight is 141 g/mol. The van der Waals surface area contributed by atoms with E-state index in [1.54, 1.807) is 24.3 Å². The topological polar surface area (TPSA) is 0 Å². The van der Waals surface area contributed by atoms with Crippen molar-refractivity contribution < 1.29 is 8.78 Å². The molecule has 53 valence electrons. The number of hydrogen-bond acceptors (Lipinski definition) is 0. The highest BCUT2D eigenvalue weighted by Gasteiger charge is 2.01. The first-order valence-electron chi connectivity index (χ1n) is 3.02. The maximum absolute atomic E-state index is 11.7. The van der Waals surface area contributed by atoms with Gasteiger partial charge in [-0.05, 0) is 11.6 Å². The quantitative estimate of drug-likeness (QED) is 0.592. The molecule has 0 aliphatic heterocycles. The first-order chi connectivity index (χ1) is 4.79. The summed E-state index contributed by atoms with van der Waals surface area (Å²) >= 11 is 0. The molecule has 1 aromatic carbocycles. The molecule has 10 heavy (non-hydrogen) atoms. The monoisotopic (exact) mass is 141 g/mol. The summed E-state index contributed by atoms with van der Waals surface area (Å²) in [6.45, 7) is 0. The van der Waals surface area contributed by atoms with E-state index < -0.39 is 6.43 Å². The molecule has 0 fully saturated rings. The Balaban J connectivity index is 2.59. The fourth-order valence-corrected chi connectivity index (χ4v) is 0.736. The van der Waals surface area contributed by atoms with Crippen LogP contribution in [0.4, 0.5) is 8.78 Å². The van der Waals surface area contributed by atoms with E-state index in [0.29, 0.717) is 5.56 Å². The zero-order valence-corrected chi connectivity index (χ0v) is 5.35. The number of halogens is 2. The molecule has 1 rings (SSSR count). The van der Waals surface area contributed by atoms with E-state index in [9.17, 15) is 8.78 Å². The lowest BCUT2D eigenvalue weighted by molar-refractivity contribution is 0.149. The van der Waals surface area contributed by atoms with Crippen LogP contribution in [-0.4, -0.2) is 6.43 Å². The normalized spacial score (nSPS) is 10.3. The van der Waals surface area contributed by atoms with Gasteiger partial charge in [-0.3, -0.25) is 0 Å². The number of benzene rings is 1. The van der Waals surface area contributed by atoms with E-state index in [1.807, 2.05) is 0 Å². The molecule has 0 aromatic heterocycles. The van der Waals surface area contributed by atoms with Crippen LogP contribution < -0.4 is 0 Å². The molecular weight excluding hydrogens is 134 g/mol. The first kappa shape index (κ1) is 7.19. The Labute approximate surface area is 58.5 Å². The van der Waals surface area contributed by atoms with Gasteiger partial charge in [0.05, 0.1) is 0 Å². The second-order valence-electron chi connectivity index (χ2n) is 2.00. The van der Waals surface area contributed by atoms with Crippen LogP contribution in [-0.2, 0) is 6.42 Å². The molecular formula is C8H7F2. The molecule has 0 aliphatic carbocycles. The Kier molecular flexibility index (Phi) is 2.37. The molecule has 2 heteroatoms. The lowest BCUT2D eigenvalue weighted by Crippen LogP contribution is -1.95. The first-order valence-corrected chi connectivity index (χ1v) is 3.02. The summed E-state index contributed by atoms with van der Waals surface area (Å²) in [7, 11) is 0. The Morgan fingerprint density at radius 3 is 2.40 bits per heavy atom. The summed E-state index contributed by atoms with van der Waals surface area (Å²) in [6.07, 6.45) is -2.41. The Bertz CT molecular complexity index is 182. The van der Waals surface area contributed by atoms with Crippen molar-refractivity contribution in [3.05, 3.63) is 35.9 Å². The number of alkyl halides is 2. The third-order valence-electron chi connectivity index (χ3n) is 1.18. The fraction of sp³-hybridized carbons (Fsp3) is 0.250. The van der Waals surface area contributed by atoms with Crippen molar-refractivity contribution >= 4 is 0 Å². The Morgan fingerprint density at radius 1 is 1.30 bits per heavy atom. The van der Waals surface area contributed by atoms with Crippen LogP contribution in [0.3, 0.4) is 0 Å². The molecule has 1 aromatic rings. The fourth-order valence-electron chi connectivity index (χ4n) is 0.736. The van der Waals surface area contributed by atoms with Crippen molar-refractivity contribution in [2.45, 2.75) is 12.8 Å². The number of rotatable bonds is 2. The largest absolute Gasteiger partial charge is 0.242 e. The summed E-state index contributed by atoms with van der Waals surface area (Å²) in [5.41, 5.74) is 0.661. The van der Waals surface area contributed by atoms with Crippen LogP contribution in [0.1, 0.15) is 5.56 Å². The minimum absolute atomic E-state index is 0.158. The van der Waals surface area contributed by atoms with Crippen molar-refractivity contribution in [3.8, 4) is 0 Å². The maximum Gasteiger partial charge on any atom is 0.242 e. The van der Waals surface area contributed by atoms with Gasteiger partial charge >= 0.3 is 0 Å². The van der Waals surface area contributed by atoms with Crippen molar-refractivity contribution in [3.63, 3.8) is 0 Å². The van der Waals surface area contributed by atoms with E-state index in [0.717, 1.165) is 0 Å². The van der Waals surface area contributed by atoms with Gasteiger partial charge in [-0.25, -0.2) is 8.78 Å². The second-order valence-corrected chi connectivity index (χ2v) is 2.00. The van der Waals surface area contributed by atoms with E-state index in [1.165, 1.54) is 0 Å². The summed E-state index contributed by atoms with van der Waals surface area (Å²) in [5, 5.41) is 0. The average Bonchev–Trinajstić information content (AvgIpc) is 1.88. The molecule has 1 radical (unpaired) electrons. The highest BCUT2D eigenvalue weighted by molar-refractivity contribution is 5.13. The molecule has 0 amide bonds. The zero-order chi connectivity index (χ0) is 7.40. The smallest absolute Gasteiger partial charge is 0.210 e. The predicted octanol–water partition coefficient (Wildman–Crippen LogP) is 2.29. The zero-order valence-electron chi connectivity index (χ0n) is 5.35. The van der Waals surface area contributed by atoms with Crippen molar-refractivity contribution in [2.24, 2.45) is 0 Å². The number of hydrogen-bond donors (Lipinski definition) is 0. The van der Waals surface area contributed by atoms with Crippen molar-refractivity contribution in [1.29, 1.82) is 0 Å². The highest BCUT2D eigenvalue weighted by Crippen LogP contribution is 2.05. The van der Waals surface area contributed by atoms with Crippen LogP contribution in [0, 0.1) is 6.07 Å². The Morgan fingerprint density at radius 2 is 1.90 bits per heavy atom. The standard InChI is InChI=1S/C8H7F2/c9-8(10)6-7-4-2-1-3-5-7/h2-5,8H,6H2. The minimum Gasteiger partial charge on any atom is -0.210 e. The van der Waals surface area contributed by atoms with Crippen LogP contribution in [0.25, 0.3) is 0 Å². The molecule has 0 bridgehead atoms. The van der Waals surface area contributed by atoms with Crippen LogP contribution in [0.15, 0.2) is 24.3 Å². The molecule has 0 spiro atoms. The third kappa shape index (κ3) is 2.13. The van der Waals surface area contributed by atoms with Gasteiger partial charge in [0.2, 0.25) is 6.43 Å². The van der Waals surface area contributed by atoms with Gasteiger partial charge in [-0.2, -0.15) is 0 Å². The van der Waals surface area contributed by atoms with Gasteiger partial charge in [0.15, 0.2) is 0 Å².